The Labute approximate surface area is 145 Å². The molecule has 1 aliphatic carbocycles. The van der Waals surface area contributed by atoms with Crippen LogP contribution in [0.4, 0.5) is 28.9 Å². The van der Waals surface area contributed by atoms with Crippen LogP contribution in [-0.2, 0) is 6.18 Å². The van der Waals surface area contributed by atoms with Crippen LogP contribution in [0.3, 0.4) is 0 Å². The summed E-state index contributed by atoms with van der Waals surface area (Å²) in [6.07, 6.45) is -2.53. The van der Waals surface area contributed by atoms with Crippen molar-refractivity contribution in [2.24, 2.45) is 5.92 Å². The maximum Gasteiger partial charge on any atom is 0.419 e. The monoisotopic (exact) mass is 372 g/mol. The summed E-state index contributed by atoms with van der Waals surface area (Å²) in [5.74, 6) is -0.564. The summed E-state index contributed by atoms with van der Waals surface area (Å²) in [6.45, 7) is 0.619. The molecule has 25 heavy (non-hydrogen) atoms. The van der Waals surface area contributed by atoms with Crippen molar-refractivity contribution in [3.8, 4) is 11.1 Å². The number of rotatable bonds is 3. The molecule has 2 N–H and O–H groups in total. The number of nitrogens with one attached hydrogen (secondary N) is 2. The fourth-order valence-corrected chi connectivity index (χ4v) is 3.10. The molecular weight excluding hydrogens is 360 g/mol. The van der Waals surface area contributed by atoms with Crippen LogP contribution in [0.15, 0.2) is 24.3 Å². The fraction of sp³-hybridized carbons (Fsp3) is 0.312. The highest BCUT2D eigenvalue weighted by Crippen LogP contribution is 2.48. The Morgan fingerprint density at radius 3 is 2.52 bits per heavy atom. The lowest BCUT2D eigenvalue weighted by Gasteiger charge is -2.19. The van der Waals surface area contributed by atoms with Gasteiger partial charge in [0.1, 0.15) is 5.15 Å². The minimum atomic E-state index is -4.67. The lowest BCUT2D eigenvalue weighted by Crippen LogP contribution is -2.37. The van der Waals surface area contributed by atoms with E-state index >= 15 is 0 Å². The number of hydrogen-bond acceptors (Lipinski definition) is 4. The molecule has 1 saturated carbocycles. The normalized spacial score (nSPS) is 16.8. The zero-order valence-electron chi connectivity index (χ0n) is 12.8. The number of nitrogens with zero attached hydrogens (tertiary/aromatic N) is 2. The first-order valence-electron chi connectivity index (χ1n) is 7.70. The van der Waals surface area contributed by atoms with E-state index in [9.17, 15) is 17.6 Å². The van der Waals surface area contributed by atoms with Crippen LogP contribution < -0.4 is 16.0 Å². The summed E-state index contributed by atoms with van der Waals surface area (Å²) in [6, 6.07) is 5.28. The molecule has 2 aromatic rings. The zero-order chi connectivity index (χ0) is 17.8. The van der Waals surface area contributed by atoms with Gasteiger partial charge in [-0.15, -0.1) is 5.53 Å². The number of alkyl halides is 3. The van der Waals surface area contributed by atoms with Crippen molar-refractivity contribution in [2.75, 3.05) is 17.0 Å². The van der Waals surface area contributed by atoms with Gasteiger partial charge in [-0.3, -0.25) is 5.01 Å². The highest BCUT2D eigenvalue weighted by molar-refractivity contribution is 6.29. The first-order valence-corrected chi connectivity index (χ1v) is 8.08. The molecule has 2 aliphatic rings. The van der Waals surface area contributed by atoms with Gasteiger partial charge in [0.05, 0.1) is 16.9 Å². The van der Waals surface area contributed by atoms with E-state index in [1.165, 1.54) is 18.2 Å². The highest BCUT2D eigenvalue weighted by atomic mass is 35.5. The van der Waals surface area contributed by atoms with E-state index in [0.29, 0.717) is 18.2 Å². The molecule has 1 aromatic heterocycles. The molecule has 0 amide bonds. The van der Waals surface area contributed by atoms with Crippen LogP contribution in [0.5, 0.6) is 0 Å². The molecule has 4 nitrogen and oxygen atoms in total. The Bertz CT molecular complexity index is 836. The fourth-order valence-electron chi connectivity index (χ4n) is 2.96. The topological polar surface area (TPSA) is 40.2 Å². The summed E-state index contributed by atoms with van der Waals surface area (Å²) >= 11 is 5.60. The quantitative estimate of drug-likeness (QED) is 0.609. The van der Waals surface area contributed by atoms with Crippen LogP contribution >= 0.6 is 11.6 Å². The third-order valence-corrected chi connectivity index (χ3v) is 4.53. The first kappa shape index (κ1) is 16.4. The minimum absolute atomic E-state index is 0.111. The molecule has 0 atom stereocenters. The van der Waals surface area contributed by atoms with E-state index in [-0.39, 0.29) is 22.0 Å². The van der Waals surface area contributed by atoms with Gasteiger partial charge in [-0.1, -0.05) is 17.7 Å². The molecular formula is C16H13ClF4N4. The highest BCUT2D eigenvalue weighted by Gasteiger charge is 2.41. The predicted octanol–water partition coefficient (Wildman–Crippen LogP) is 4.62. The Kier molecular flexibility index (Phi) is 3.77. The molecule has 9 heteroatoms. The maximum atomic E-state index is 14.1. The van der Waals surface area contributed by atoms with Gasteiger partial charge in [0.15, 0.2) is 0 Å². The Morgan fingerprint density at radius 2 is 1.88 bits per heavy atom. The summed E-state index contributed by atoms with van der Waals surface area (Å²) in [5.41, 5.74) is 4.17. The van der Waals surface area contributed by atoms with Crippen molar-refractivity contribution in [3.05, 3.63) is 40.9 Å². The summed E-state index contributed by atoms with van der Waals surface area (Å²) < 4.78 is 55.3. The van der Waals surface area contributed by atoms with Crippen molar-refractivity contribution in [3.63, 3.8) is 0 Å². The number of pyridine rings is 1. The molecule has 0 unspecified atom stereocenters. The molecule has 4 rings (SSSR count). The van der Waals surface area contributed by atoms with Crippen molar-refractivity contribution in [1.29, 1.82) is 0 Å². The van der Waals surface area contributed by atoms with Gasteiger partial charge in [0.25, 0.3) is 0 Å². The van der Waals surface area contributed by atoms with Gasteiger partial charge in [-0.05, 0) is 37.0 Å². The second-order valence-corrected chi connectivity index (χ2v) is 6.53. The largest absolute Gasteiger partial charge is 0.419 e. The van der Waals surface area contributed by atoms with E-state index in [4.69, 9.17) is 11.6 Å². The molecule has 0 spiro atoms. The van der Waals surface area contributed by atoms with Crippen molar-refractivity contribution >= 4 is 23.0 Å². The van der Waals surface area contributed by atoms with Crippen LogP contribution in [0.25, 0.3) is 11.1 Å². The second-order valence-electron chi connectivity index (χ2n) is 6.14. The van der Waals surface area contributed by atoms with Gasteiger partial charge < -0.3 is 5.43 Å². The average Bonchev–Trinajstić information content (AvgIpc) is 3.25. The lowest BCUT2D eigenvalue weighted by molar-refractivity contribution is -0.136. The molecule has 2 heterocycles. The Hall–Kier alpha value is -2.06. The number of fused-ring (bicyclic) bond motifs is 1. The van der Waals surface area contributed by atoms with Gasteiger partial charge in [-0.25, -0.2) is 4.98 Å². The summed E-state index contributed by atoms with van der Waals surface area (Å²) in [5, 5.41) is 1.54. The number of anilines is 2. The van der Waals surface area contributed by atoms with Gasteiger partial charge >= 0.3 is 6.18 Å². The van der Waals surface area contributed by atoms with Crippen molar-refractivity contribution < 1.29 is 17.6 Å². The predicted molar refractivity (Wildman–Crippen MR) is 86.5 cm³/mol. The maximum absolute atomic E-state index is 14.1. The van der Waals surface area contributed by atoms with Crippen LogP contribution in [0.2, 0.25) is 5.15 Å². The molecule has 1 aromatic carbocycles. The second kappa shape index (κ2) is 5.74. The van der Waals surface area contributed by atoms with E-state index in [2.05, 4.69) is 15.9 Å². The van der Waals surface area contributed by atoms with Crippen LogP contribution in [0, 0.1) is 11.9 Å². The third kappa shape index (κ3) is 3.00. The third-order valence-electron chi connectivity index (χ3n) is 4.32. The zero-order valence-corrected chi connectivity index (χ0v) is 13.5. The van der Waals surface area contributed by atoms with Gasteiger partial charge in [0, 0.05) is 17.7 Å². The molecule has 1 aliphatic heterocycles. The molecule has 0 radical (unpaired) electrons. The lowest BCUT2D eigenvalue weighted by atomic mass is 9.97. The molecule has 0 bridgehead atoms. The summed E-state index contributed by atoms with van der Waals surface area (Å²) in [7, 11) is 0. The summed E-state index contributed by atoms with van der Waals surface area (Å²) in [4.78, 5) is 3.41. The van der Waals surface area contributed by atoms with Crippen molar-refractivity contribution in [2.45, 2.75) is 19.0 Å². The molecule has 1 fully saturated rings. The van der Waals surface area contributed by atoms with Crippen LogP contribution in [0.1, 0.15) is 18.4 Å². The Morgan fingerprint density at radius 1 is 1.16 bits per heavy atom. The van der Waals surface area contributed by atoms with Gasteiger partial charge in [-0.2, -0.15) is 17.6 Å². The van der Waals surface area contributed by atoms with E-state index in [0.717, 1.165) is 12.8 Å². The average molecular weight is 373 g/mol. The smallest absolute Gasteiger partial charge is 0.301 e. The Balaban J connectivity index is 1.85. The van der Waals surface area contributed by atoms with E-state index in [1.54, 1.807) is 11.1 Å². The standard InChI is InChI=1S/C16H13ClF4N4/c17-12-6-4-10(15(18)22-12)9-3-5-11-14(13(9)16(19,20)21)23-24-25(11)7-8-1-2-8/h3-6,8,23-24H,1-2,7H2. The van der Waals surface area contributed by atoms with E-state index in [1.807, 2.05) is 0 Å². The van der Waals surface area contributed by atoms with E-state index < -0.39 is 17.7 Å². The number of benzene rings is 1. The van der Waals surface area contributed by atoms with Crippen molar-refractivity contribution in [1.82, 2.24) is 10.5 Å². The van der Waals surface area contributed by atoms with Crippen LogP contribution in [-0.4, -0.2) is 11.5 Å². The van der Waals surface area contributed by atoms with Gasteiger partial charge in [0.2, 0.25) is 5.95 Å². The SMILES string of the molecule is Fc1nc(Cl)ccc1-c1ccc2c(c1C(F)(F)F)NNN2CC1CC1. The number of hydrogen-bond donors (Lipinski definition) is 2. The number of hydrazine groups is 2. The number of halogens is 5. The minimum Gasteiger partial charge on any atom is -0.301 e. The molecule has 0 saturated heterocycles. The number of aromatic nitrogens is 1. The molecule has 132 valence electrons. The first-order chi connectivity index (χ1) is 11.8.